The number of hydrogen-bond acceptors (Lipinski definition) is 3. The second kappa shape index (κ2) is 12.4. The van der Waals surface area contributed by atoms with Crippen LogP contribution in [-0.2, 0) is 11.3 Å². The Morgan fingerprint density at radius 1 is 1.18 bits per heavy atom. The molecule has 1 amide bonds. The summed E-state index contributed by atoms with van der Waals surface area (Å²) in [4.78, 5) is 18.6. The minimum Gasteiger partial charge on any atom is -0.356 e. The maximum Gasteiger partial charge on any atom is 0.221 e. The van der Waals surface area contributed by atoms with E-state index in [0.717, 1.165) is 38.3 Å². The van der Waals surface area contributed by atoms with E-state index in [0.29, 0.717) is 25.0 Å². The maximum absolute atomic E-state index is 12.0. The number of aliphatic imine (C=N–C) groups is 1. The molecule has 1 aliphatic carbocycles. The van der Waals surface area contributed by atoms with Gasteiger partial charge in [0.15, 0.2) is 5.96 Å². The Balaban J connectivity index is 1.58. The van der Waals surface area contributed by atoms with Crippen LogP contribution in [0, 0.1) is 0 Å². The van der Waals surface area contributed by atoms with E-state index in [2.05, 4.69) is 64.1 Å². The fourth-order valence-electron chi connectivity index (χ4n) is 3.53. The van der Waals surface area contributed by atoms with E-state index in [4.69, 9.17) is 0 Å². The molecule has 156 valence electrons. The monoisotopic (exact) mass is 387 g/mol. The Hall–Kier alpha value is -2.08. The molecule has 6 heteroatoms. The van der Waals surface area contributed by atoms with Crippen LogP contribution in [0.3, 0.4) is 0 Å². The first-order valence-corrected chi connectivity index (χ1v) is 10.6. The van der Waals surface area contributed by atoms with Gasteiger partial charge in [0.2, 0.25) is 5.91 Å². The van der Waals surface area contributed by atoms with Gasteiger partial charge in [-0.15, -0.1) is 0 Å². The second-order valence-electron chi connectivity index (χ2n) is 7.76. The van der Waals surface area contributed by atoms with Crippen LogP contribution in [0.15, 0.2) is 35.3 Å². The van der Waals surface area contributed by atoms with Crippen molar-refractivity contribution in [3.63, 3.8) is 0 Å². The van der Waals surface area contributed by atoms with E-state index in [9.17, 15) is 4.79 Å². The number of nitrogens with zero attached hydrogens (tertiary/aromatic N) is 2. The average Bonchev–Trinajstić information content (AvgIpc) is 3.20. The minimum absolute atomic E-state index is 0.131. The summed E-state index contributed by atoms with van der Waals surface area (Å²) in [6.45, 7) is 4.63. The van der Waals surface area contributed by atoms with E-state index < -0.39 is 0 Å². The van der Waals surface area contributed by atoms with Gasteiger partial charge in [-0.2, -0.15) is 0 Å². The molecular formula is C22H37N5O. The van der Waals surface area contributed by atoms with E-state index in [1.54, 1.807) is 7.05 Å². The van der Waals surface area contributed by atoms with Gasteiger partial charge in [0.25, 0.3) is 0 Å². The van der Waals surface area contributed by atoms with Gasteiger partial charge in [-0.25, -0.2) is 0 Å². The van der Waals surface area contributed by atoms with Crippen molar-refractivity contribution in [2.24, 2.45) is 4.99 Å². The fourth-order valence-corrected chi connectivity index (χ4v) is 3.53. The molecule has 1 aromatic carbocycles. The molecule has 0 radical (unpaired) electrons. The van der Waals surface area contributed by atoms with Crippen LogP contribution < -0.4 is 16.0 Å². The van der Waals surface area contributed by atoms with E-state index in [1.807, 2.05) is 6.07 Å². The standard InChI is InChI=1S/C22H37N5O/c1-18(27(3)17-19-9-5-4-6-10-19)13-15-24-22(23-2)25-16-14-21(28)26-20-11-7-8-12-20/h4-6,9-10,18,20H,7-8,11-17H2,1-3H3,(H,26,28)(H2,23,24,25). The van der Waals surface area contributed by atoms with Gasteiger partial charge in [-0.3, -0.25) is 14.7 Å². The molecule has 3 N–H and O–H groups in total. The van der Waals surface area contributed by atoms with Gasteiger partial charge >= 0.3 is 0 Å². The molecule has 1 aliphatic rings. The summed E-state index contributed by atoms with van der Waals surface area (Å²) >= 11 is 0. The molecule has 0 heterocycles. The van der Waals surface area contributed by atoms with Crippen LogP contribution in [0.2, 0.25) is 0 Å². The zero-order valence-electron chi connectivity index (χ0n) is 17.7. The highest BCUT2D eigenvalue weighted by atomic mass is 16.1. The number of guanidine groups is 1. The molecule has 28 heavy (non-hydrogen) atoms. The first kappa shape index (κ1) is 22.2. The van der Waals surface area contributed by atoms with Crippen molar-refractivity contribution in [3.8, 4) is 0 Å². The molecule has 1 atom stereocenters. The van der Waals surface area contributed by atoms with Crippen molar-refractivity contribution in [1.29, 1.82) is 0 Å². The third-order valence-corrected chi connectivity index (χ3v) is 5.47. The van der Waals surface area contributed by atoms with Gasteiger partial charge in [-0.05, 0) is 38.8 Å². The first-order chi connectivity index (χ1) is 13.6. The highest BCUT2D eigenvalue weighted by molar-refractivity contribution is 5.81. The first-order valence-electron chi connectivity index (χ1n) is 10.6. The van der Waals surface area contributed by atoms with Crippen LogP contribution in [0.25, 0.3) is 0 Å². The molecule has 1 fully saturated rings. The summed E-state index contributed by atoms with van der Waals surface area (Å²) in [5, 5.41) is 9.70. The largest absolute Gasteiger partial charge is 0.356 e. The van der Waals surface area contributed by atoms with Gasteiger partial charge in [0.1, 0.15) is 0 Å². The molecule has 0 saturated heterocycles. The summed E-state index contributed by atoms with van der Waals surface area (Å²) in [5.41, 5.74) is 1.33. The molecule has 1 saturated carbocycles. The van der Waals surface area contributed by atoms with Crippen molar-refractivity contribution >= 4 is 11.9 Å². The van der Waals surface area contributed by atoms with Crippen molar-refractivity contribution in [2.45, 2.75) is 64.1 Å². The Morgan fingerprint density at radius 3 is 2.54 bits per heavy atom. The molecule has 0 aliphatic heterocycles. The minimum atomic E-state index is 0.131. The molecule has 0 spiro atoms. The Morgan fingerprint density at radius 2 is 1.86 bits per heavy atom. The summed E-state index contributed by atoms with van der Waals surface area (Å²) < 4.78 is 0. The SMILES string of the molecule is CN=C(NCCC(=O)NC1CCCC1)NCCC(C)N(C)Cc1ccccc1. The van der Waals surface area contributed by atoms with E-state index >= 15 is 0 Å². The van der Waals surface area contributed by atoms with Gasteiger partial charge in [0, 0.05) is 45.2 Å². The molecule has 1 aromatic rings. The van der Waals surface area contributed by atoms with Gasteiger partial charge < -0.3 is 16.0 Å². The molecule has 1 unspecified atom stereocenters. The average molecular weight is 388 g/mol. The van der Waals surface area contributed by atoms with Crippen molar-refractivity contribution in [1.82, 2.24) is 20.9 Å². The molecule has 2 rings (SSSR count). The molecular weight excluding hydrogens is 350 g/mol. The summed E-state index contributed by atoms with van der Waals surface area (Å²) in [6.07, 6.45) is 6.22. The van der Waals surface area contributed by atoms with Crippen molar-refractivity contribution < 1.29 is 4.79 Å². The van der Waals surface area contributed by atoms with Crippen LogP contribution in [0.1, 0.15) is 51.0 Å². The van der Waals surface area contributed by atoms with Crippen LogP contribution in [0.4, 0.5) is 0 Å². The number of benzene rings is 1. The van der Waals surface area contributed by atoms with Crippen LogP contribution in [0.5, 0.6) is 0 Å². The van der Waals surface area contributed by atoms with Crippen molar-refractivity contribution in [2.75, 3.05) is 27.2 Å². The lowest BCUT2D eigenvalue weighted by Crippen LogP contribution is -2.42. The Kier molecular flexibility index (Phi) is 9.83. The van der Waals surface area contributed by atoms with Crippen LogP contribution >= 0.6 is 0 Å². The smallest absolute Gasteiger partial charge is 0.221 e. The third-order valence-electron chi connectivity index (χ3n) is 5.47. The number of carbonyl (C=O) groups is 1. The Bertz CT molecular complexity index is 598. The Labute approximate surface area is 170 Å². The lowest BCUT2D eigenvalue weighted by molar-refractivity contribution is -0.121. The van der Waals surface area contributed by atoms with Crippen molar-refractivity contribution in [3.05, 3.63) is 35.9 Å². The van der Waals surface area contributed by atoms with E-state index in [1.165, 1.54) is 18.4 Å². The lowest BCUT2D eigenvalue weighted by Gasteiger charge is -2.25. The number of carbonyl (C=O) groups excluding carboxylic acids is 1. The fraction of sp³-hybridized carbons (Fsp3) is 0.636. The van der Waals surface area contributed by atoms with Gasteiger partial charge in [-0.1, -0.05) is 43.2 Å². The van der Waals surface area contributed by atoms with Crippen LogP contribution in [-0.4, -0.2) is 56.0 Å². The maximum atomic E-state index is 12.0. The highest BCUT2D eigenvalue weighted by Gasteiger charge is 2.16. The summed E-state index contributed by atoms with van der Waals surface area (Å²) in [6, 6.07) is 11.4. The molecule has 0 bridgehead atoms. The quantitative estimate of drug-likeness (QED) is 0.426. The predicted octanol–water partition coefficient (Wildman–Crippen LogP) is 2.51. The number of amides is 1. The molecule has 0 aromatic heterocycles. The van der Waals surface area contributed by atoms with E-state index in [-0.39, 0.29) is 5.91 Å². The summed E-state index contributed by atoms with van der Waals surface area (Å²) in [5.74, 6) is 0.887. The zero-order valence-corrected chi connectivity index (χ0v) is 17.7. The number of hydrogen-bond donors (Lipinski definition) is 3. The molecule has 6 nitrogen and oxygen atoms in total. The second-order valence-corrected chi connectivity index (χ2v) is 7.76. The highest BCUT2D eigenvalue weighted by Crippen LogP contribution is 2.17. The third kappa shape index (κ3) is 8.30. The lowest BCUT2D eigenvalue weighted by atomic mass is 10.1. The summed E-state index contributed by atoms with van der Waals surface area (Å²) in [7, 11) is 3.92. The zero-order chi connectivity index (χ0) is 20.2. The normalized spacial score (nSPS) is 16.2. The predicted molar refractivity (Wildman–Crippen MR) is 116 cm³/mol. The van der Waals surface area contributed by atoms with Gasteiger partial charge in [0.05, 0.1) is 0 Å². The topological polar surface area (TPSA) is 68.8 Å². The number of nitrogens with one attached hydrogen (secondary N) is 3. The number of rotatable bonds is 10.